The second-order valence-electron chi connectivity index (χ2n) is 13.6. The third-order valence-corrected chi connectivity index (χ3v) is 9.85. The molecule has 0 saturated carbocycles. The Labute approximate surface area is 273 Å². The minimum Gasteiger partial charge on any atom is -0.356 e. The first-order valence-electron chi connectivity index (χ1n) is 17.4. The summed E-state index contributed by atoms with van der Waals surface area (Å²) in [7, 11) is 0. The van der Waals surface area contributed by atoms with Crippen LogP contribution >= 0.6 is 0 Å². The number of hydrogen-bond donors (Lipinski definition) is 2. The van der Waals surface area contributed by atoms with Gasteiger partial charge in [0.1, 0.15) is 0 Å². The van der Waals surface area contributed by atoms with Gasteiger partial charge in [-0.2, -0.15) is 4.58 Å². The van der Waals surface area contributed by atoms with Gasteiger partial charge in [0, 0.05) is 67.0 Å². The number of hydrogen-bond acceptors (Lipinski definition) is 4. The minimum atomic E-state index is -0.0912. The van der Waals surface area contributed by atoms with Crippen molar-refractivity contribution in [1.29, 1.82) is 0 Å². The molecule has 2 aliphatic rings. The standard InChI is InChI=1S/C39H57N5O/c1-7-42(8-2)28-18-30-44-34-22-14-12-20-32(34)39(5,6)36(44)24-16-23-35-38(3,4)31-19-11-13-21-33(31)43(35)29-15-9-10-25-37(45)41-27-17-26-40/h11-14,16,19-24H,7-10,15,17-18,25-30,40H2,1-6H3/p+1. The van der Waals surface area contributed by atoms with Crippen LogP contribution in [0, 0.1) is 0 Å². The fourth-order valence-electron chi connectivity index (χ4n) is 7.14. The first-order valence-corrected chi connectivity index (χ1v) is 17.4. The van der Waals surface area contributed by atoms with Gasteiger partial charge in [0.15, 0.2) is 12.3 Å². The van der Waals surface area contributed by atoms with Crippen molar-refractivity contribution in [2.24, 2.45) is 5.73 Å². The number of benzene rings is 2. The summed E-state index contributed by atoms with van der Waals surface area (Å²) < 4.78 is 2.56. The summed E-state index contributed by atoms with van der Waals surface area (Å²) in [5.41, 5.74) is 13.5. The monoisotopic (exact) mass is 612 g/mol. The van der Waals surface area contributed by atoms with Crippen molar-refractivity contribution in [1.82, 2.24) is 10.2 Å². The zero-order valence-electron chi connectivity index (χ0n) is 28.9. The van der Waals surface area contributed by atoms with Gasteiger partial charge in [0.2, 0.25) is 11.6 Å². The number of nitrogens with zero attached hydrogens (tertiary/aromatic N) is 3. The van der Waals surface area contributed by atoms with Gasteiger partial charge in [-0.25, -0.2) is 0 Å². The Morgan fingerprint density at radius 1 is 0.911 bits per heavy atom. The van der Waals surface area contributed by atoms with Crippen LogP contribution in [0.4, 0.5) is 11.4 Å². The SMILES string of the molecule is CCN(CC)CCC[N+]1=C(/C=C/C=C2/N(CCCCCC(=O)NCCCN)c3ccccc3C2(C)C)C(C)(C)c2ccccc21. The highest BCUT2D eigenvalue weighted by Gasteiger charge is 2.44. The molecule has 0 atom stereocenters. The number of para-hydroxylation sites is 2. The third kappa shape index (κ3) is 7.96. The van der Waals surface area contributed by atoms with E-state index in [1.807, 2.05) is 0 Å². The summed E-state index contributed by atoms with van der Waals surface area (Å²) in [6.07, 6.45) is 12.5. The number of carbonyl (C=O) groups is 1. The molecule has 2 aromatic carbocycles. The summed E-state index contributed by atoms with van der Waals surface area (Å²) in [6, 6.07) is 17.8. The molecule has 0 radical (unpaired) electrons. The Morgan fingerprint density at radius 2 is 1.62 bits per heavy atom. The summed E-state index contributed by atoms with van der Waals surface area (Å²) in [5, 5.41) is 2.98. The van der Waals surface area contributed by atoms with Gasteiger partial charge in [-0.1, -0.05) is 76.6 Å². The largest absolute Gasteiger partial charge is 0.356 e. The van der Waals surface area contributed by atoms with Crippen LogP contribution in [0.3, 0.4) is 0 Å². The first kappa shape index (κ1) is 34.6. The van der Waals surface area contributed by atoms with E-state index in [0.717, 1.165) is 64.8 Å². The second-order valence-corrected chi connectivity index (χ2v) is 13.6. The molecule has 2 aromatic rings. The van der Waals surface area contributed by atoms with Gasteiger partial charge in [-0.15, -0.1) is 0 Å². The molecule has 244 valence electrons. The number of carbonyl (C=O) groups excluding carboxylic acids is 1. The summed E-state index contributed by atoms with van der Waals surface area (Å²) in [6.45, 7) is 20.5. The predicted octanol–water partition coefficient (Wildman–Crippen LogP) is 7.06. The van der Waals surface area contributed by atoms with Crippen LogP contribution in [0.15, 0.2) is 72.5 Å². The molecule has 2 aliphatic heterocycles. The van der Waals surface area contributed by atoms with Crippen molar-refractivity contribution in [3.63, 3.8) is 0 Å². The maximum atomic E-state index is 12.1. The van der Waals surface area contributed by atoms with E-state index in [-0.39, 0.29) is 16.7 Å². The molecule has 0 fully saturated rings. The van der Waals surface area contributed by atoms with E-state index in [4.69, 9.17) is 5.73 Å². The number of anilines is 1. The van der Waals surface area contributed by atoms with Crippen LogP contribution in [-0.4, -0.2) is 66.9 Å². The molecule has 0 saturated heterocycles. The molecule has 6 nitrogen and oxygen atoms in total. The molecule has 2 heterocycles. The van der Waals surface area contributed by atoms with Crippen LogP contribution in [0.25, 0.3) is 0 Å². The molecular weight excluding hydrogens is 554 g/mol. The van der Waals surface area contributed by atoms with Crippen LogP contribution in [0.1, 0.15) is 91.2 Å². The Hall–Kier alpha value is -3.22. The highest BCUT2D eigenvalue weighted by atomic mass is 16.1. The molecule has 0 bridgehead atoms. The van der Waals surface area contributed by atoms with Crippen molar-refractivity contribution in [3.8, 4) is 0 Å². The molecule has 0 aromatic heterocycles. The van der Waals surface area contributed by atoms with Gasteiger partial charge in [-0.05, 0) is 70.5 Å². The fraction of sp³-hybridized carbons (Fsp3) is 0.538. The van der Waals surface area contributed by atoms with Gasteiger partial charge < -0.3 is 20.9 Å². The number of fused-ring (bicyclic) bond motifs is 2. The highest BCUT2D eigenvalue weighted by Crippen LogP contribution is 2.48. The van der Waals surface area contributed by atoms with Crippen molar-refractivity contribution in [2.75, 3.05) is 50.7 Å². The maximum absolute atomic E-state index is 12.1. The average Bonchev–Trinajstić information content (AvgIpc) is 3.38. The third-order valence-electron chi connectivity index (χ3n) is 9.85. The number of nitrogens with one attached hydrogen (secondary N) is 1. The Bertz CT molecular complexity index is 1380. The van der Waals surface area contributed by atoms with E-state index in [1.165, 1.54) is 33.9 Å². The van der Waals surface area contributed by atoms with Crippen LogP contribution in [0.5, 0.6) is 0 Å². The lowest BCUT2D eigenvalue weighted by Gasteiger charge is -2.27. The van der Waals surface area contributed by atoms with Crippen molar-refractivity contribution >= 4 is 23.0 Å². The molecule has 45 heavy (non-hydrogen) atoms. The molecule has 1 amide bonds. The first-order chi connectivity index (χ1) is 21.7. The zero-order chi connectivity index (χ0) is 32.5. The predicted molar refractivity (Wildman–Crippen MR) is 191 cm³/mol. The number of rotatable bonds is 17. The smallest absolute Gasteiger partial charge is 0.219 e. The molecular formula is C39H58N5O+. The number of unbranched alkanes of at least 4 members (excludes halogenated alkanes) is 2. The lowest BCUT2D eigenvalue weighted by molar-refractivity contribution is -0.438. The molecule has 3 N–H and O–H groups in total. The molecule has 0 spiro atoms. The fourth-order valence-corrected chi connectivity index (χ4v) is 7.14. The Kier molecular flexibility index (Phi) is 12.2. The van der Waals surface area contributed by atoms with Crippen molar-refractivity contribution < 1.29 is 9.37 Å². The van der Waals surface area contributed by atoms with Gasteiger partial charge in [0.25, 0.3) is 0 Å². The van der Waals surface area contributed by atoms with E-state index in [9.17, 15) is 4.79 Å². The van der Waals surface area contributed by atoms with E-state index in [1.54, 1.807) is 0 Å². The summed E-state index contributed by atoms with van der Waals surface area (Å²) in [5.74, 6) is 0.137. The average molecular weight is 613 g/mol. The topological polar surface area (TPSA) is 64.6 Å². The summed E-state index contributed by atoms with van der Waals surface area (Å²) >= 11 is 0. The molecule has 0 unspecified atom stereocenters. The van der Waals surface area contributed by atoms with E-state index in [0.29, 0.717) is 19.5 Å². The lowest BCUT2D eigenvalue weighted by atomic mass is 9.81. The van der Waals surface area contributed by atoms with Crippen LogP contribution < -0.4 is 16.0 Å². The molecule has 4 rings (SSSR count). The van der Waals surface area contributed by atoms with Gasteiger partial charge in [0.05, 0.1) is 5.41 Å². The number of amides is 1. The Morgan fingerprint density at radius 3 is 2.36 bits per heavy atom. The van der Waals surface area contributed by atoms with E-state index >= 15 is 0 Å². The normalized spacial score (nSPS) is 17.5. The van der Waals surface area contributed by atoms with Crippen LogP contribution in [-0.2, 0) is 15.6 Å². The quantitative estimate of drug-likeness (QED) is 0.148. The second kappa shape index (κ2) is 15.9. The number of allylic oxidation sites excluding steroid dienone is 4. The molecule has 6 heteroatoms. The Balaban J connectivity index is 1.54. The van der Waals surface area contributed by atoms with Gasteiger partial charge in [-0.3, -0.25) is 4.79 Å². The highest BCUT2D eigenvalue weighted by molar-refractivity contribution is 6.03. The zero-order valence-corrected chi connectivity index (χ0v) is 28.9. The molecule has 0 aliphatic carbocycles. The number of nitrogens with two attached hydrogens (primary N) is 1. The van der Waals surface area contributed by atoms with Crippen molar-refractivity contribution in [3.05, 3.63) is 83.6 Å². The van der Waals surface area contributed by atoms with Gasteiger partial charge >= 0.3 is 0 Å². The minimum absolute atomic E-state index is 0.0642. The maximum Gasteiger partial charge on any atom is 0.219 e. The lowest BCUT2D eigenvalue weighted by Crippen LogP contribution is -2.30. The van der Waals surface area contributed by atoms with E-state index < -0.39 is 0 Å². The van der Waals surface area contributed by atoms with Crippen LogP contribution in [0.2, 0.25) is 0 Å². The summed E-state index contributed by atoms with van der Waals surface area (Å²) in [4.78, 5) is 17.2. The van der Waals surface area contributed by atoms with Crippen molar-refractivity contribution in [2.45, 2.75) is 90.9 Å². The van der Waals surface area contributed by atoms with E-state index in [2.05, 4.69) is 128 Å².